The molecular weight excluding hydrogens is 168 g/mol. The maximum atomic E-state index is 10.5. The van der Waals surface area contributed by atoms with E-state index >= 15 is 0 Å². The van der Waals surface area contributed by atoms with E-state index in [1.807, 2.05) is 30.3 Å². The third-order valence-corrected chi connectivity index (χ3v) is 2.08. The molecule has 1 fully saturated rings. The van der Waals surface area contributed by atoms with Crippen molar-refractivity contribution in [2.45, 2.75) is 12.5 Å². The van der Waals surface area contributed by atoms with Gasteiger partial charge in [-0.2, -0.15) is 0 Å². The van der Waals surface area contributed by atoms with Crippen LogP contribution in [0.4, 0.5) is 0 Å². The zero-order valence-electron chi connectivity index (χ0n) is 7.01. The fourth-order valence-electron chi connectivity index (χ4n) is 1.24. The first kappa shape index (κ1) is 8.10. The average Bonchev–Trinajstić information content (AvgIpc) is 2.86. The minimum absolute atomic E-state index is 0.125. The quantitative estimate of drug-likeness (QED) is 0.763. The van der Waals surface area contributed by atoms with Crippen LogP contribution in [0, 0.1) is 5.92 Å². The molecule has 0 spiro atoms. The molecule has 0 aromatic heterocycles. The van der Waals surface area contributed by atoms with Crippen molar-refractivity contribution < 1.29 is 14.6 Å². The van der Waals surface area contributed by atoms with Gasteiger partial charge in [0.25, 0.3) is 0 Å². The third kappa shape index (κ3) is 1.80. The lowest BCUT2D eigenvalue weighted by atomic mass is 10.3. The third-order valence-electron chi connectivity index (χ3n) is 2.08. The molecule has 1 aliphatic rings. The van der Waals surface area contributed by atoms with E-state index < -0.39 is 5.97 Å². The van der Waals surface area contributed by atoms with Gasteiger partial charge in [-0.1, -0.05) is 18.2 Å². The topological polar surface area (TPSA) is 46.5 Å². The SMILES string of the molecule is O=C(O)[C@H]1C[C@@H]1Oc1ccccc1. The first-order valence-corrected chi connectivity index (χ1v) is 4.22. The van der Waals surface area contributed by atoms with Crippen molar-refractivity contribution in [3.8, 4) is 5.75 Å². The second-order valence-electron chi connectivity index (χ2n) is 3.15. The van der Waals surface area contributed by atoms with Crippen LogP contribution in [0.15, 0.2) is 30.3 Å². The maximum absolute atomic E-state index is 10.5. The lowest BCUT2D eigenvalue weighted by Gasteiger charge is -2.02. The molecule has 0 radical (unpaired) electrons. The molecule has 2 atom stereocenters. The Labute approximate surface area is 76.0 Å². The largest absolute Gasteiger partial charge is 0.490 e. The van der Waals surface area contributed by atoms with Crippen LogP contribution in [0.3, 0.4) is 0 Å². The van der Waals surface area contributed by atoms with Gasteiger partial charge < -0.3 is 9.84 Å². The molecular formula is C10H10O3. The summed E-state index contributed by atoms with van der Waals surface area (Å²) >= 11 is 0. The van der Waals surface area contributed by atoms with Crippen molar-refractivity contribution in [2.75, 3.05) is 0 Å². The van der Waals surface area contributed by atoms with E-state index in [1.54, 1.807) is 0 Å². The van der Waals surface area contributed by atoms with Gasteiger partial charge in [-0.05, 0) is 12.1 Å². The molecule has 0 unspecified atom stereocenters. The number of ether oxygens (including phenoxy) is 1. The Morgan fingerprint density at radius 1 is 1.38 bits per heavy atom. The normalized spacial score (nSPS) is 25.2. The first-order chi connectivity index (χ1) is 6.27. The summed E-state index contributed by atoms with van der Waals surface area (Å²) < 4.78 is 5.42. The Bertz CT molecular complexity index is 307. The standard InChI is InChI=1S/C10H10O3/c11-10(12)8-6-9(8)13-7-4-2-1-3-5-7/h1-5,8-9H,6H2,(H,11,12)/t8-,9-/m0/s1. The van der Waals surface area contributed by atoms with Gasteiger partial charge in [-0.25, -0.2) is 0 Å². The summed E-state index contributed by atoms with van der Waals surface area (Å²) in [5, 5.41) is 8.62. The van der Waals surface area contributed by atoms with Crippen molar-refractivity contribution >= 4 is 5.97 Å². The Balaban J connectivity index is 1.92. The number of para-hydroxylation sites is 1. The smallest absolute Gasteiger partial charge is 0.310 e. The van der Waals surface area contributed by atoms with Crippen LogP contribution in [0.1, 0.15) is 6.42 Å². The summed E-state index contributed by atoms with van der Waals surface area (Å²) in [6, 6.07) is 9.30. The molecule has 1 N–H and O–H groups in total. The van der Waals surface area contributed by atoms with Gasteiger partial charge in [0.05, 0.1) is 5.92 Å². The summed E-state index contributed by atoms with van der Waals surface area (Å²) in [6.07, 6.45) is 0.504. The summed E-state index contributed by atoms with van der Waals surface area (Å²) in [5.74, 6) is -0.322. The molecule has 0 saturated heterocycles. The summed E-state index contributed by atoms with van der Waals surface area (Å²) in [7, 11) is 0. The van der Waals surface area contributed by atoms with Crippen LogP contribution in [0.25, 0.3) is 0 Å². The molecule has 3 nitrogen and oxygen atoms in total. The fraction of sp³-hybridized carbons (Fsp3) is 0.300. The number of aliphatic carboxylic acids is 1. The molecule has 0 amide bonds. The number of carboxylic acids is 1. The average molecular weight is 178 g/mol. The van der Waals surface area contributed by atoms with E-state index in [4.69, 9.17) is 9.84 Å². The van der Waals surface area contributed by atoms with Gasteiger partial charge in [0, 0.05) is 6.42 Å². The number of carboxylic acid groups (broad SMARTS) is 1. The lowest BCUT2D eigenvalue weighted by Crippen LogP contribution is -2.07. The van der Waals surface area contributed by atoms with Crippen LogP contribution in [0.5, 0.6) is 5.75 Å². The Kier molecular flexibility index (Phi) is 1.93. The fourth-order valence-corrected chi connectivity index (χ4v) is 1.24. The zero-order valence-corrected chi connectivity index (χ0v) is 7.01. The van der Waals surface area contributed by atoms with Crippen molar-refractivity contribution in [3.63, 3.8) is 0 Å². The van der Waals surface area contributed by atoms with Crippen LogP contribution < -0.4 is 4.74 Å². The Morgan fingerprint density at radius 3 is 2.62 bits per heavy atom. The van der Waals surface area contributed by atoms with Gasteiger partial charge in [0.15, 0.2) is 0 Å². The zero-order chi connectivity index (χ0) is 9.26. The van der Waals surface area contributed by atoms with Crippen molar-refractivity contribution in [3.05, 3.63) is 30.3 Å². The number of hydrogen-bond acceptors (Lipinski definition) is 2. The molecule has 1 aromatic carbocycles. The molecule has 0 heterocycles. The summed E-state index contributed by atoms with van der Waals surface area (Å²) in [6.45, 7) is 0. The van der Waals surface area contributed by atoms with E-state index in [9.17, 15) is 4.79 Å². The molecule has 3 heteroatoms. The van der Waals surface area contributed by atoms with Crippen molar-refractivity contribution in [1.29, 1.82) is 0 Å². The second-order valence-corrected chi connectivity index (χ2v) is 3.15. The number of benzene rings is 1. The molecule has 2 rings (SSSR count). The molecule has 68 valence electrons. The number of carbonyl (C=O) groups is 1. The predicted molar refractivity (Wildman–Crippen MR) is 46.6 cm³/mol. The van der Waals surface area contributed by atoms with E-state index in [2.05, 4.69) is 0 Å². The highest BCUT2D eigenvalue weighted by atomic mass is 16.5. The highest BCUT2D eigenvalue weighted by Gasteiger charge is 2.45. The Morgan fingerprint density at radius 2 is 2.08 bits per heavy atom. The summed E-state index contributed by atoms with van der Waals surface area (Å²) in [5.41, 5.74) is 0. The molecule has 13 heavy (non-hydrogen) atoms. The van der Waals surface area contributed by atoms with Gasteiger partial charge in [0.1, 0.15) is 11.9 Å². The van der Waals surface area contributed by atoms with Crippen molar-refractivity contribution in [2.24, 2.45) is 5.92 Å². The van der Waals surface area contributed by atoms with E-state index in [0.29, 0.717) is 6.42 Å². The van der Waals surface area contributed by atoms with Crippen LogP contribution in [-0.2, 0) is 4.79 Å². The van der Waals surface area contributed by atoms with Crippen LogP contribution in [0.2, 0.25) is 0 Å². The van der Waals surface area contributed by atoms with E-state index in [-0.39, 0.29) is 12.0 Å². The first-order valence-electron chi connectivity index (χ1n) is 4.22. The molecule has 1 aromatic rings. The molecule has 0 bridgehead atoms. The second kappa shape index (κ2) is 3.09. The maximum Gasteiger partial charge on any atom is 0.310 e. The molecule has 0 aliphatic heterocycles. The predicted octanol–water partition coefficient (Wildman–Crippen LogP) is 1.54. The number of hydrogen-bond donors (Lipinski definition) is 1. The van der Waals surface area contributed by atoms with Gasteiger partial charge in [-0.15, -0.1) is 0 Å². The minimum atomic E-state index is -0.763. The van der Waals surface area contributed by atoms with Crippen molar-refractivity contribution in [1.82, 2.24) is 0 Å². The highest BCUT2D eigenvalue weighted by molar-refractivity contribution is 5.74. The number of rotatable bonds is 3. The minimum Gasteiger partial charge on any atom is -0.490 e. The lowest BCUT2D eigenvalue weighted by molar-refractivity contribution is -0.139. The summed E-state index contributed by atoms with van der Waals surface area (Å²) in [4.78, 5) is 10.5. The van der Waals surface area contributed by atoms with Gasteiger partial charge in [-0.3, -0.25) is 4.79 Å². The van der Waals surface area contributed by atoms with E-state index in [0.717, 1.165) is 5.75 Å². The van der Waals surface area contributed by atoms with Crippen LogP contribution >= 0.6 is 0 Å². The Hall–Kier alpha value is -1.51. The molecule has 1 aliphatic carbocycles. The van der Waals surface area contributed by atoms with E-state index in [1.165, 1.54) is 0 Å². The monoisotopic (exact) mass is 178 g/mol. The van der Waals surface area contributed by atoms with Crippen LogP contribution in [-0.4, -0.2) is 17.2 Å². The highest BCUT2D eigenvalue weighted by Crippen LogP contribution is 2.34. The molecule has 1 saturated carbocycles. The van der Waals surface area contributed by atoms with Gasteiger partial charge >= 0.3 is 5.97 Å². The van der Waals surface area contributed by atoms with Gasteiger partial charge in [0.2, 0.25) is 0 Å².